The molecular weight excluding hydrogens is 348 g/mol. The lowest BCUT2D eigenvalue weighted by Gasteiger charge is -2.11. The zero-order valence-electron chi connectivity index (χ0n) is 13.6. The summed E-state index contributed by atoms with van der Waals surface area (Å²) in [5.41, 5.74) is 0.384. The Morgan fingerprint density at radius 1 is 0.769 bits per heavy atom. The van der Waals surface area contributed by atoms with Gasteiger partial charge in [-0.05, 0) is 55.5 Å². The van der Waals surface area contributed by atoms with Gasteiger partial charge in [0.25, 0.3) is 0 Å². The molecule has 26 heavy (non-hydrogen) atoms. The van der Waals surface area contributed by atoms with Crippen LogP contribution in [0.5, 0.6) is 0 Å². The van der Waals surface area contributed by atoms with Crippen molar-refractivity contribution in [1.29, 1.82) is 0 Å². The van der Waals surface area contributed by atoms with Crippen molar-refractivity contribution >= 4 is 23.0 Å². The summed E-state index contributed by atoms with van der Waals surface area (Å²) in [7, 11) is 0. The van der Waals surface area contributed by atoms with Crippen LogP contribution in [-0.4, -0.2) is 9.97 Å². The zero-order valence-corrected chi connectivity index (χ0v) is 13.6. The number of nitrogens with one attached hydrogen (secondary N) is 2. The zero-order chi connectivity index (χ0) is 18.7. The van der Waals surface area contributed by atoms with E-state index in [1.165, 1.54) is 24.3 Å². The van der Waals surface area contributed by atoms with E-state index in [4.69, 9.17) is 0 Å². The predicted octanol–water partition coefficient (Wildman–Crippen LogP) is 5.43. The molecule has 8 heteroatoms. The van der Waals surface area contributed by atoms with Gasteiger partial charge in [0.2, 0.25) is 0 Å². The van der Waals surface area contributed by atoms with Crippen molar-refractivity contribution in [3.05, 3.63) is 71.8 Å². The van der Waals surface area contributed by atoms with Crippen molar-refractivity contribution in [1.82, 2.24) is 9.97 Å². The maximum Gasteiger partial charge on any atom is 0.416 e. The Balaban J connectivity index is 1.78. The third-order valence-corrected chi connectivity index (χ3v) is 3.44. The van der Waals surface area contributed by atoms with Crippen LogP contribution in [0.3, 0.4) is 0 Å². The molecule has 0 fully saturated rings. The van der Waals surface area contributed by atoms with E-state index in [1.54, 1.807) is 25.1 Å². The molecule has 0 aliphatic carbocycles. The average Bonchev–Trinajstić information content (AvgIpc) is 2.56. The van der Waals surface area contributed by atoms with Gasteiger partial charge in [0.1, 0.15) is 23.3 Å². The van der Waals surface area contributed by atoms with Crippen LogP contribution in [0.15, 0.2) is 54.6 Å². The minimum absolute atomic E-state index is 0.348. The van der Waals surface area contributed by atoms with Crippen molar-refractivity contribution in [2.45, 2.75) is 13.1 Å². The normalized spacial score (nSPS) is 11.3. The highest BCUT2D eigenvalue weighted by molar-refractivity contribution is 5.63. The van der Waals surface area contributed by atoms with Crippen molar-refractivity contribution < 1.29 is 17.6 Å². The fraction of sp³-hybridized carbons (Fsp3) is 0.111. The van der Waals surface area contributed by atoms with Gasteiger partial charge in [-0.15, -0.1) is 0 Å². The van der Waals surface area contributed by atoms with E-state index in [-0.39, 0.29) is 5.82 Å². The molecule has 0 spiro atoms. The van der Waals surface area contributed by atoms with Gasteiger partial charge in [0.05, 0.1) is 5.56 Å². The molecule has 134 valence electrons. The largest absolute Gasteiger partial charge is 0.416 e. The van der Waals surface area contributed by atoms with Crippen LogP contribution in [-0.2, 0) is 6.18 Å². The Labute approximate surface area is 146 Å². The van der Waals surface area contributed by atoms with Crippen LogP contribution < -0.4 is 10.6 Å². The Bertz CT molecular complexity index is 891. The molecule has 0 amide bonds. The van der Waals surface area contributed by atoms with Crippen LogP contribution in [0.1, 0.15) is 11.4 Å². The Hall–Kier alpha value is -3.16. The highest BCUT2D eigenvalue weighted by atomic mass is 19.4. The van der Waals surface area contributed by atoms with E-state index in [0.717, 1.165) is 12.1 Å². The molecule has 0 bridgehead atoms. The molecule has 0 unspecified atom stereocenters. The fourth-order valence-electron chi connectivity index (χ4n) is 2.27. The summed E-state index contributed by atoms with van der Waals surface area (Å²) < 4.78 is 50.8. The molecule has 2 N–H and O–H groups in total. The van der Waals surface area contributed by atoms with Gasteiger partial charge in [0.15, 0.2) is 0 Å². The summed E-state index contributed by atoms with van der Waals surface area (Å²) >= 11 is 0. The van der Waals surface area contributed by atoms with Gasteiger partial charge in [-0.3, -0.25) is 0 Å². The average molecular weight is 362 g/mol. The summed E-state index contributed by atoms with van der Waals surface area (Å²) in [4.78, 5) is 8.45. The minimum Gasteiger partial charge on any atom is -0.340 e. The van der Waals surface area contributed by atoms with Gasteiger partial charge >= 0.3 is 6.18 Å². The number of hydrogen-bond donors (Lipinski definition) is 2. The number of hydrogen-bond acceptors (Lipinski definition) is 4. The van der Waals surface area contributed by atoms with Gasteiger partial charge in [-0.1, -0.05) is 0 Å². The second-order valence-electron chi connectivity index (χ2n) is 5.52. The number of rotatable bonds is 4. The molecule has 0 aliphatic heterocycles. The van der Waals surface area contributed by atoms with E-state index in [9.17, 15) is 17.6 Å². The quantitative estimate of drug-likeness (QED) is 0.608. The maximum absolute atomic E-state index is 13.0. The first kappa shape index (κ1) is 17.7. The summed E-state index contributed by atoms with van der Waals surface area (Å²) in [5, 5.41) is 5.96. The van der Waals surface area contributed by atoms with E-state index in [1.807, 2.05) is 0 Å². The molecule has 1 heterocycles. The van der Waals surface area contributed by atoms with Gasteiger partial charge in [-0.25, -0.2) is 14.4 Å². The number of alkyl halides is 3. The van der Waals surface area contributed by atoms with Gasteiger partial charge < -0.3 is 10.6 Å². The summed E-state index contributed by atoms with van der Waals surface area (Å²) in [6.07, 6.45) is -4.38. The van der Waals surface area contributed by atoms with Gasteiger partial charge in [0, 0.05) is 17.4 Å². The second-order valence-corrected chi connectivity index (χ2v) is 5.52. The second kappa shape index (κ2) is 6.99. The number of anilines is 4. The summed E-state index contributed by atoms with van der Waals surface area (Å²) in [5.74, 6) is 1.01. The molecule has 3 rings (SSSR count). The van der Waals surface area contributed by atoms with Crippen LogP contribution in [0.25, 0.3) is 0 Å². The van der Waals surface area contributed by atoms with E-state index < -0.39 is 11.7 Å². The van der Waals surface area contributed by atoms with E-state index in [2.05, 4.69) is 20.6 Å². The third-order valence-electron chi connectivity index (χ3n) is 3.44. The van der Waals surface area contributed by atoms with Crippen molar-refractivity contribution in [2.75, 3.05) is 10.6 Å². The molecule has 1 aromatic heterocycles. The first-order valence-corrected chi connectivity index (χ1v) is 7.62. The van der Waals surface area contributed by atoms with Crippen molar-refractivity contribution in [3.63, 3.8) is 0 Å². The number of aryl methyl sites for hydroxylation is 1. The molecule has 0 saturated carbocycles. The van der Waals surface area contributed by atoms with E-state index >= 15 is 0 Å². The topological polar surface area (TPSA) is 49.8 Å². The number of halogens is 4. The summed E-state index contributed by atoms with van der Waals surface area (Å²) in [6, 6.07) is 12.0. The molecule has 3 aromatic rings. The smallest absolute Gasteiger partial charge is 0.340 e. The van der Waals surface area contributed by atoms with Crippen molar-refractivity contribution in [2.24, 2.45) is 0 Å². The third kappa shape index (κ3) is 4.47. The highest BCUT2D eigenvalue weighted by Gasteiger charge is 2.29. The van der Waals surface area contributed by atoms with E-state index in [0.29, 0.717) is 28.8 Å². The van der Waals surface area contributed by atoms with Crippen LogP contribution in [0.4, 0.5) is 40.6 Å². The molecular formula is C18H14F4N4. The summed E-state index contributed by atoms with van der Waals surface area (Å²) in [6.45, 7) is 1.69. The standard InChI is InChI=1S/C18H14F4N4/c1-11-23-16(25-14-6-2-12(3-7-14)18(20,21)22)10-17(24-11)26-15-8-4-13(19)5-9-15/h2-10H,1H3,(H2,23,24,25,26). The first-order valence-electron chi connectivity index (χ1n) is 7.62. The van der Waals surface area contributed by atoms with Crippen LogP contribution >= 0.6 is 0 Å². The lowest BCUT2D eigenvalue weighted by molar-refractivity contribution is -0.137. The Morgan fingerprint density at radius 3 is 1.69 bits per heavy atom. The predicted molar refractivity (Wildman–Crippen MR) is 91.2 cm³/mol. The van der Waals surface area contributed by atoms with Crippen LogP contribution in [0, 0.1) is 12.7 Å². The number of benzene rings is 2. The lowest BCUT2D eigenvalue weighted by Crippen LogP contribution is -2.05. The molecule has 0 aliphatic rings. The Morgan fingerprint density at radius 2 is 1.23 bits per heavy atom. The number of aromatic nitrogens is 2. The molecule has 0 atom stereocenters. The maximum atomic E-state index is 13.0. The Kier molecular flexibility index (Phi) is 4.75. The van der Waals surface area contributed by atoms with Crippen molar-refractivity contribution in [3.8, 4) is 0 Å². The SMILES string of the molecule is Cc1nc(Nc2ccc(F)cc2)cc(Nc2ccc(C(F)(F)F)cc2)n1. The number of nitrogens with zero attached hydrogens (tertiary/aromatic N) is 2. The first-order chi connectivity index (χ1) is 12.3. The molecule has 2 aromatic carbocycles. The van der Waals surface area contributed by atoms with Gasteiger partial charge in [-0.2, -0.15) is 13.2 Å². The molecule has 4 nitrogen and oxygen atoms in total. The molecule has 0 saturated heterocycles. The molecule has 0 radical (unpaired) electrons. The monoisotopic (exact) mass is 362 g/mol. The fourth-order valence-corrected chi connectivity index (χ4v) is 2.27. The highest BCUT2D eigenvalue weighted by Crippen LogP contribution is 2.30. The minimum atomic E-state index is -4.38. The van der Waals surface area contributed by atoms with Crippen LogP contribution in [0.2, 0.25) is 0 Å². The lowest BCUT2D eigenvalue weighted by atomic mass is 10.2.